The van der Waals surface area contributed by atoms with Gasteiger partial charge in [-0.3, -0.25) is 0 Å². The number of nitrogens with zero attached hydrogens (tertiary/aromatic N) is 2. The number of thiophene rings is 2. The Labute approximate surface area is 357 Å². The molecule has 0 unspecified atom stereocenters. The molecule has 8 aromatic carbocycles. The number of anilines is 2. The van der Waals surface area contributed by atoms with Gasteiger partial charge < -0.3 is 9.38 Å². The van der Waals surface area contributed by atoms with Gasteiger partial charge in [0, 0.05) is 79.2 Å². The minimum Gasteiger partial charge on any atom is -0.376 e. The van der Waals surface area contributed by atoms with Gasteiger partial charge in [-0.05, 0) is 110 Å². The average molecular weight is 803 g/mol. The van der Waals surface area contributed by atoms with E-state index in [4.69, 9.17) is 0 Å². The maximum Gasteiger partial charge on any atom is 0.333 e. The van der Waals surface area contributed by atoms with Crippen LogP contribution >= 0.6 is 22.7 Å². The molecule has 0 saturated heterocycles. The zero-order valence-corrected chi connectivity index (χ0v) is 35.8. The summed E-state index contributed by atoms with van der Waals surface area (Å²) in [7, 11) is 0. The molecule has 5 heterocycles. The molecular weight excluding hydrogens is 764 g/mol. The lowest BCUT2D eigenvalue weighted by Crippen LogP contribution is -2.60. The molecule has 0 radical (unpaired) electrons. The van der Waals surface area contributed by atoms with Gasteiger partial charge in [-0.25, -0.2) is 0 Å². The Balaban J connectivity index is 1.16. The normalized spacial score (nSPS) is 14.8. The highest BCUT2D eigenvalue weighted by molar-refractivity contribution is 7.26. The van der Waals surface area contributed by atoms with Crippen molar-refractivity contribution in [3.05, 3.63) is 162 Å². The van der Waals surface area contributed by atoms with Crippen LogP contribution in [-0.4, -0.2) is 11.4 Å². The van der Waals surface area contributed by atoms with Crippen molar-refractivity contribution in [2.24, 2.45) is 0 Å². The zero-order valence-electron chi connectivity index (χ0n) is 34.1. The van der Waals surface area contributed by atoms with Gasteiger partial charge in [0.15, 0.2) is 0 Å². The molecule has 0 spiro atoms. The largest absolute Gasteiger partial charge is 0.376 e. The number of rotatable bonds is 1. The van der Waals surface area contributed by atoms with E-state index >= 15 is 0 Å². The fourth-order valence-corrected chi connectivity index (χ4v) is 13.7. The molecule has 0 atom stereocenters. The van der Waals surface area contributed by atoms with Gasteiger partial charge in [-0.15, -0.1) is 22.7 Å². The lowest BCUT2D eigenvalue weighted by molar-refractivity contribution is 0.590. The van der Waals surface area contributed by atoms with Gasteiger partial charge in [0.05, 0.1) is 11.0 Å². The summed E-state index contributed by atoms with van der Waals surface area (Å²) in [6.07, 6.45) is 0. The number of benzene rings is 8. The van der Waals surface area contributed by atoms with E-state index in [9.17, 15) is 0 Å². The fraction of sp³-hybridized carbons (Fsp3) is 0.127. The molecule has 2 aliphatic heterocycles. The summed E-state index contributed by atoms with van der Waals surface area (Å²) in [4.78, 5) is 2.70. The predicted molar refractivity (Wildman–Crippen MR) is 262 cm³/mol. The van der Waals surface area contributed by atoms with Crippen LogP contribution in [0.15, 0.2) is 146 Å². The van der Waals surface area contributed by atoms with E-state index in [1.165, 1.54) is 129 Å². The van der Waals surface area contributed by atoms with E-state index in [0.717, 1.165) is 0 Å². The molecule has 14 rings (SSSR count). The fourth-order valence-electron chi connectivity index (χ4n) is 11.4. The molecule has 0 bridgehead atoms. The Morgan fingerprint density at radius 2 is 1.17 bits per heavy atom. The van der Waals surface area contributed by atoms with Gasteiger partial charge in [-0.1, -0.05) is 120 Å². The molecule has 0 saturated carbocycles. The molecule has 5 heteroatoms. The first-order valence-electron chi connectivity index (χ1n) is 21.2. The van der Waals surface area contributed by atoms with E-state index < -0.39 is 0 Å². The minimum absolute atomic E-state index is 0.0334. The summed E-state index contributed by atoms with van der Waals surface area (Å²) in [5.74, 6) is 0. The second-order valence-corrected chi connectivity index (χ2v) is 21.1. The molecule has 284 valence electrons. The maximum absolute atomic E-state index is 2.70. The molecule has 0 fully saturated rings. The van der Waals surface area contributed by atoms with Crippen LogP contribution in [-0.2, 0) is 10.8 Å². The molecule has 2 nitrogen and oxygen atoms in total. The van der Waals surface area contributed by atoms with E-state index in [2.05, 4.69) is 190 Å². The highest BCUT2D eigenvalue weighted by Crippen LogP contribution is 2.53. The van der Waals surface area contributed by atoms with Crippen LogP contribution in [0.4, 0.5) is 11.4 Å². The van der Waals surface area contributed by atoms with Crippen molar-refractivity contribution in [1.82, 2.24) is 4.57 Å². The molecule has 0 N–H and O–H groups in total. The molecule has 1 aliphatic carbocycles. The SMILES string of the molecule is CC(C)(C)c1ccc(N2B3c4cc5sc6ccccc6c5cc4-n4c5cc6c(cc5c5ccc(c3c54)-c3cc4c(cc32)sc2ccccc24)-c2ccccc2C6(C)C)cc1. The summed E-state index contributed by atoms with van der Waals surface area (Å²) in [6.45, 7) is 11.7. The van der Waals surface area contributed by atoms with Crippen molar-refractivity contribution in [3.63, 3.8) is 0 Å². The summed E-state index contributed by atoms with van der Waals surface area (Å²) >= 11 is 3.83. The Bertz CT molecular complexity index is 3740. The monoisotopic (exact) mass is 802 g/mol. The van der Waals surface area contributed by atoms with Crippen LogP contribution in [0.5, 0.6) is 0 Å². The Kier molecular flexibility index (Phi) is 6.26. The first-order chi connectivity index (χ1) is 29.1. The van der Waals surface area contributed by atoms with Crippen molar-refractivity contribution in [3.8, 4) is 27.9 Å². The van der Waals surface area contributed by atoms with Gasteiger partial charge in [0.25, 0.3) is 0 Å². The average Bonchev–Trinajstić information content (AvgIpc) is 3.97. The Hall–Kier alpha value is -6.14. The molecule has 0 amide bonds. The topological polar surface area (TPSA) is 8.17 Å². The van der Waals surface area contributed by atoms with Crippen LogP contribution in [0, 0.1) is 0 Å². The number of aromatic nitrogens is 1. The first-order valence-corrected chi connectivity index (χ1v) is 22.8. The Morgan fingerprint density at radius 1 is 0.500 bits per heavy atom. The molecular formula is C55H39BN2S2. The van der Waals surface area contributed by atoms with Crippen LogP contribution in [0.2, 0.25) is 0 Å². The quantitative estimate of drug-likeness (QED) is 0.150. The van der Waals surface area contributed by atoms with Gasteiger partial charge in [0.2, 0.25) is 0 Å². The third-order valence-electron chi connectivity index (χ3n) is 14.3. The highest BCUT2D eigenvalue weighted by atomic mass is 32.1. The van der Waals surface area contributed by atoms with Crippen LogP contribution < -0.4 is 15.7 Å². The van der Waals surface area contributed by atoms with E-state index in [1.54, 1.807) is 0 Å². The number of hydrogen-bond donors (Lipinski definition) is 0. The van der Waals surface area contributed by atoms with E-state index in [1.807, 2.05) is 22.7 Å². The summed E-state index contributed by atoms with van der Waals surface area (Å²) < 4.78 is 8.02. The van der Waals surface area contributed by atoms with Gasteiger partial charge in [-0.2, -0.15) is 0 Å². The smallest absolute Gasteiger partial charge is 0.333 e. The lowest BCUT2D eigenvalue weighted by Gasteiger charge is -2.42. The highest BCUT2D eigenvalue weighted by Gasteiger charge is 2.45. The molecule has 60 heavy (non-hydrogen) atoms. The first kappa shape index (κ1) is 33.7. The van der Waals surface area contributed by atoms with Crippen LogP contribution in [0.1, 0.15) is 51.3 Å². The second-order valence-electron chi connectivity index (χ2n) is 18.9. The number of fused-ring (bicyclic) bond motifs is 17. The van der Waals surface area contributed by atoms with Crippen molar-refractivity contribution in [2.45, 2.75) is 45.4 Å². The summed E-state index contributed by atoms with van der Waals surface area (Å²) in [5.41, 5.74) is 18.7. The molecule has 3 aliphatic rings. The van der Waals surface area contributed by atoms with Crippen molar-refractivity contribution in [1.29, 1.82) is 0 Å². The third kappa shape index (κ3) is 4.15. The minimum atomic E-state index is -0.104. The van der Waals surface area contributed by atoms with Crippen LogP contribution in [0.25, 0.3) is 90.1 Å². The van der Waals surface area contributed by atoms with Crippen molar-refractivity contribution in [2.75, 3.05) is 4.81 Å². The van der Waals surface area contributed by atoms with Gasteiger partial charge in [0.1, 0.15) is 0 Å². The van der Waals surface area contributed by atoms with Gasteiger partial charge >= 0.3 is 6.85 Å². The van der Waals surface area contributed by atoms with Crippen molar-refractivity contribution < 1.29 is 0 Å². The second kappa shape index (κ2) is 11.2. The molecule has 3 aromatic heterocycles. The lowest BCUT2D eigenvalue weighted by atomic mass is 9.44. The standard InChI is InChI=1S/C55H39BN2S2/c1-54(2,3)30-18-20-31(21-19-30)58-46-29-51-40(33-13-7-10-16-48(33)60-51)25-38(46)35-22-23-36-39-24-37-32-12-6-9-15-42(32)55(4,5)43(37)27-45(39)57-47-26-41-34-14-8-11-17-49(34)59-50(41)28-44(47)56(58)52(35)53(36)57/h6-29H,1-5H3. The summed E-state index contributed by atoms with van der Waals surface area (Å²) in [6, 6.07) is 56.6. The Morgan fingerprint density at radius 3 is 1.92 bits per heavy atom. The zero-order chi connectivity index (χ0) is 40.0. The maximum atomic E-state index is 2.70. The van der Waals surface area contributed by atoms with E-state index in [-0.39, 0.29) is 17.7 Å². The summed E-state index contributed by atoms with van der Waals surface area (Å²) in [5, 5.41) is 8.00. The van der Waals surface area contributed by atoms with Crippen LogP contribution in [0.3, 0.4) is 0 Å². The third-order valence-corrected chi connectivity index (χ3v) is 16.6. The predicted octanol–water partition coefficient (Wildman–Crippen LogP) is 14.4. The number of hydrogen-bond acceptors (Lipinski definition) is 3. The van der Waals surface area contributed by atoms with E-state index in [0.29, 0.717) is 0 Å². The molecule has 11 aromatic rings. The van der Waals surface area contributed by atoms with Crippen molar-refractivity contribution >= 4 is 114 Å².